The van der Waals surface area contributed by atoms with Crippen LogP contribution in [0.25, 0.3) is 0 Å². The zero-order valence-corrected chi connectivity index (χ0v) is 11.7. The Kier molecular flexibility index (Phi) is 4.71. The van der Waals surface area contributed by atoms with Crippen molar-refractivity contribution in [2.24, 2.45) is 0 Å². The summed E-state index contributed by atoms with van der Waals surface area (Å²) in [7, 11) is 1.63. The Bertz CT molecular complexity index is 552. The summed E-state index contributed by atoms with van der Waals surface area (Å²) in [5, 5.41) is 12.6. The number of phenolic OH excluding ortho intramolecular Hbond substituents is 1. The van der Waals surface area contributed by atoms with Crippen molar-refractivity contribution < 1.29 is 14.6 Å². The number of aromatic hydroxyl groups is 1. The van der Waals surface area contributed by atoms with Gasteiger partial charge in [0.2, 0.25) is 0 Å². The van der Waals surface area contributed by atoms with Crippen LogP contribution in [-0.2, 0) is 6.54 Å². The normalized spacial score (nSPS) is 10.1. The highest BCUT2D eigenvalue weighted by Crippen LogP contribution is 2.30. The molecule has 4 nitrogen and oxygen atoms in total. The van der Waals surface area contributed by atoms with Crippen LogP contribution in [0.1, 0.15) is 12.5 Å². The number of phenols is 1. The number of methoxy groups -OCH3 is 1. The summed E-state index contributed by atoms with van der Waals surface area (Å²) >= 11 is 0. The molecule has 20 heavy (non-hydrogen) atoms. The Morgan fingerprint density at radius 3 is 2.45 bits per heavy atom. The maximum atomic E-state index is 9.24. The molecule has 0 fully saturated rings. The summed E-state index contributed by atoms with van der Waals surface area (Å²) in [5.74, 6) is 1.73. The first-order valence-electron chi connectivity index (χ1n) is 6.55. The van der Waals surface area contributed by atoms with Crippen LogP contribution in [0.15, 0.2) is 42.5 Å². The quantitative estimate of drug-likeness (QED) is 0.846. The van der Waals surface area contributed by atoms with E-state index in [-0.39, 0.29) is 5.75 Å². The van der Waals surface area contributed by atoms with Crippen molar-refractivity contribution in [3.8, 4) is 17.2 Å². The average Bonchev–Trinajstić information content (AvgIpc) is 2.47. The predicted molar refractivity (Wildman–Crippen MR) is 79.6 cm³/mol. The summed E-state index contributed by atoms with van der Waals surface area (Å²) in [6, 6.07) is 12.9. The zero-order valence-electron chi connectivity index (χ0n) is 11.7. The first-order valence-corrected chi connectivity index (χ1v) is 6.55. The highest BCUT2D eigenvalue weighted by molar-refractivity contribution is 5.55. The third-order valence-electron chi connectivity index (χ3n) is 2.90. The topological polar surface area (TPSA) is 50.7 Å². The second-order valence-electron chi connectivity index (χ2n) is 4.32. The van der Waals surface area contributed by atoms with Crippen LogP contribution in [0, 0.1) is 0 Å². The molecule has 0 aromatic heterocycles. The molecule has 0 unspecified atom stereocenters. The highest BCUT2D eigenvalue weighted by atomic mass is 16.5. The van der Waals surface area contributed by atoms with E-state index in [1.54, 1.807) is 19.2 Å². The molecule has 0 saturated heterocycles. The molecule has 0 aliphatic rings. The van der Waals surface area contributed by atoms with Crippen LogP contribution < -0.4 is 14.8 Å². The van der Waals surface area contributed by atoms with E-state index in [0.717, 1.165) is 22.7 Å². The number of anilines is 1. The summed E-state index contributed by atoms with van der Waals surface area (Å²) in [6.07, 6.45) is 0. The number of rotatable bonds is 6. The molecule has 0 aliphatic carbocycles. The van der Waals surface area contributed by atoms with Gasteiger partial charge in [0, 0.05) is 18.3 Å². The van der Waals surface area contributed by atoms with Crippen LogP contribution >= 0.6 is 0 Å². The fraction of sp³-hybridized carbons (Fsp3) is 0.250. The Hall–Kier alpha value is -2.36. The van der Waals surface area contributed by atoms with Gasteiger partial charge in [-0.25, -0.2) is 0 Å². The summed E-state index contributed by atoms with van der Waals surface area (Å²) in [6.45, 7) is 3.21. The maximum absolute atomic E-state index is 9.24. The number of hydrogen-bond donors (Lipinski definition) is 2. The largest absolute Gasteiger partial charge is 0.508 e. The van der Waals surface area contributed by atoms with E-state index in [4.69, 9.17) is 9.47 Å². The minimum absolute atomic E-state index is 0.275. The van der Waals surface area contributed by atoms with Crippen molar-refractivity contribution in [3.05, 3.63) is 48.0 Å². The minimum atomic E-state index is 0.275. The van der Waals surface area contributed by atoms with Crippen molar-refractivity contribution in [2.45, 2.75) is 13.5 Å². The molecule has 2 N–H and O–H groups in total. The number of hydrogen-bond acceptors (Lipinski definition) is 4. The molecule has 2 rings (SSSR count). The molecule has 0 bridgehead atoms. The van der Waals surface area contributed by atoms with Gasteiger partial charge >= 0.3 is 0 Å². The van der Waals surface area contributed by atoms with Crippen molar-refractivity contribution in [1.82, 2.24) is 0 Å². The molecule has 106 valence electrons. The van der Waals surface area contributed by atoms with Gasteiger partial charge in [0.15, 0.2) is 11.5 Å². The SMILES string of the molecule is CCOc1cc(NCc2ccc(O)cc2)ccc1OC. The van der Waals surface area contributed by atoms with Gasteiger partial charge in [-0.15, -0.1) is 0 Å². The highest BCUT2D eigenvalue weighted by Gasteiger charge is 2.05. The lowest BCUT2D eigenvalue weighted by atomic mass is 10.2. The lowest BCUT2D eigenvalue weighted by Gasteiger charge is -2.12. The standard InChI is InChI=1S/C16H19NO3/c1-3-20-16-10-13(6-9-15(16)19-2)17-11-12-4-7-14(18)8-5-12/h4-10,17-18H,3,11H2,1-2H3. The first-order chi connectivity index (χ1) is 9.72. The molecule has 0 radical (unpaired) electrons. The lowest BCUT2D eigenvalue weighted by Crippen LogP contribution is -2.01. The van der Waals surface area contributed by atoms with Crippen LogP contribution in [-0.4, -0.2) is 18.8 Å². The van der Waals surface area contributed by atoms with E-state index < -0.39 is 0 Å². The zero-order chi connectivity index (χ0) is 14.4. The molecule has 0 saturated carbocycles. The van der Waals surface area contributed by atoms with Gasteiger partial charge in [-0.3, -0.25) is 0 Å². The van der Waals surface area contributed by atoms with E-state index >= 15 is 0 Å². The van der Waals surface area contributed by atoms with Crippen LogP contribution in [0.5, 0.6) is 17.2 Å². The van der Waals surface area contributed by atoms with Crippen molar-refractivity contribution >= 4 is 5.69 Å². The number of benzene rings is 2. The van der Waals surface area contributed by atoms with Crippen LogP contribution in [0.2, 0.25) is 0 Å². The summed E-state index contributed by atoms with van der Waals surface area (Å²) in [4.78, 5) is 0. The van der Waals surface area contributed by atoms with Crippen LogP contribution in [0.3, 0.4) is 0 Å². The third kappa shape index (κ3) is 3.57. The fourth-order valence-corrected chi connectivity index (χ4v) is 1.87. The van der Waals surface area contributed by atoms with Gasteiger partial charge in [0.25, 0.3) is 0 Å². The average molecular weight is 273 g/mol. The van der Waals surface area contributed by atoms with Gasteiger partial charge in [-0.2, -0.15) is 0 Å². The number of nitrogens with one attached hydrogen (secondary N) is 1. The first kappa shape index (κ1) is 14.1. The maximum Gasteiger partial charge on any atom is 0.163 e. The fourth-order valence-electron chi connectivity index (χ4n) is 1.87. The van der Waals surface area contributed by atoms with Gasteiger partial charge in [0.1, 0.15) is 5.75 Å². The van der Waals surface area contributed by atoms with E-state index in [2.05, 4.69) is 5.32 Å². The lowest BCUT2D eigenvalue weighted by molar-refractivity contribution is 0.311. The molecule has 0 spiro atoms. The Morgan fingerprint density at radius 2 is 1.80 bits per heavy atom. The van der Waals surface area contributed by atoms with Gasteiger partial charge in [-0.05, 0) is 36.8 Å². The summed E-state index contributed by atoms with van der Waals surface area (Å²) < 4.78 is 10.8. The van der Waals surface area contributed by atoms with E-state index in [0.29, 0.717) is 13.2 Å². The molecule has 2 aromatic rings. The monoisotopic (exact) mass is 273 g/mol. The van der Waals surface area contributed by atoms with Gasteiger partial charge < -0.3 is 19.9 Å². The summed E-state index contributed by atoms with van der Waals surface area (Å²) in [5.41, 5.74) is 2.05. The van der Waals surface area contributed by atoms with Gasteiger partial charge in [0.05, 0.1) is 13.7 Å². The van der Waals surface area contributed by atoms with E-state index in [1.807, 2.05) is 37.3 Å². The molecular formula is C16H19NO3. The Morgan fingerprint density at radius 1 is 1.05 bits per heavy atom. The van der Waals surface area contributed by atoms with Crippen molar-refractivity contribution in [3.63, 3.8) is 0 Å². The Balaban J connectivity index is 2.05. The van der Waals surface area contributed by atoms with Crippen molar-refractivity contribution in [2.75, 3.05) is 19.0 Å². The molecule has 0 amide bonds. The van der Waals surface area contributed by atoms with E-state index in [9.17, 15) is 5.11 Å². The smallest absolute Gasteiger partial charge is 0.163 e. The molecule has 4 heteroatoms. The third-order valence-corrected chi connectivity index (χ3v) is 2.90. The van der Waals surface area contributed by atoms with Gasteiger partial charge in [-0.1, -0.05) is 12.1 Å². The molecule has 0 atom stereocenters. The van der Waals surface area contributed by atoms with Crippen molar-refractivity contribution in [1.29, 1.82) is 0 Å². The second kappa shape index (κ2) is 6.70. The minimum Gasteiger partial charge on any atom is -0.508 e. The van der Waals surface area contributed by atoms with E-state index in [1.165, 1.54) is 0 Å². The molecular weight excluding hydrogens is 254 g/mol. The molecule has 2 aromatic carbocycles. The Labute approximate surface area is 119 Å². The number of ether oxygens (including phenoxy) is 2. The predicted octanol–water partition coefficient (Wildman–Crippen LogP) is 3.41. The second-order valence-corrected chi connectivity index (χ2v) is 4.32. The molecule has 0 aliphatic heterocycles. The van der Waals surface area contributed by atoms with Crippen LogP contribution in [0.4, 0.5) is 5.69 Å². The molecule has 0 heterocycles.